The monoisotopic (exact) mass is 322 g/mol. The molecule has 2 aliphatic carbocycles. The van der Waals surface area contributed by atoms with Crippen molar-refractivity contribution in [2.24, 2.45) is 29.2 Å². The van der Waals surface area contributed by atoms with Crippen molar-refractivity contribution in [2.75, 3.05) is 20.1 Å². The van der Waals surface area contributed by atoms with Gasteiger partial charge in [-0.3, -0.25) is 0 Å². The smallest absolute Gasteiger partial charge is 0.0590 e. The van der Waals surface area contributed by atoms with E-state index in [0.29, 0.717) is 12.0 Å². The summed E-state index contributed by atoms with van der Waals surface area (Å²) < 4.78 is 0. The van der Waals surface area contributed by atoms with Gasteiger partial charge in [-0.2, -0.15) is 0 Å². The van der Waals surface area contributed by atoms with Gasteiger partial charge in [-0.05, 0) is 64.1 Å². The number of hydrogen-bond acceptors (Lipinski definition) is 4. The van der Waals surface area contributed by atoms with Crippen LogP contribution < -0.4 is 16.8 Å². The molecule has 0 aromatic carbocycles. The maximum Gasteiger partial charge on any atom is 0.0590 e. The highest BCUT2D eigenvalue weighted by molar-refractivity contribution is 4.93. The minimum absolute atomic E-state index is 0.0809. The summed E-state index contributed by atoms with van der Waals surface area (Å²) in [6.45, 7) is 2.29. The van der Waals surface area contributed by atoms with Crippen LogP contribution in [0.3, 0.4) is 0 Å². The van der Waals surface area contributed by atoms with Crippen LogP contribution >= 0.6 is 0 Å². The first-order chi connectivity index (χ1) is 11.2. The second-order valence-corrected chi connectivity index (χ2v) is 8.43. The molecule has 6 atom stereocenters. The molecule has 5 N–H and O–H groups in total. The van der Waals surface area contributed by atoms with E-state index < -0.39 is 0 Å². The third kappa shape index (κ3) is 4.28. The van der Waals surface area contributed by atoms with Crippen molar-refractivity contribution in [3.8, 4) is 0 Å². The van der Waals surface area contributed by atoms with Gasteiger partial charge in [0.25, 0.3) is 0 Å². The van der Waals surface area contributed by atoms with Crippen LogP contribution in [0.15, 0.2) is 0 Å². The molecule has 3 aliphatic rings. The SMILES string of the molecule is CN1CCCC1CCNC(N)C1CCCC2CCCCC2C1N. The first kappa shape index (κ1) is 17.7. The van der Waals surface area contributed by atoms with Crippen LogP contribution in [-0.4, -0.2) is 43.3 Å². The van der Waals surface area contributed by atoms with Crippen molar-refractivity contribution in [1.29, 1.82) is 0 Å². The van der Waals surface area contributed by atoms with Crippen LogP contribution in [0.2, 0.25) is 0 Å². The number of nitrogens with two attached hydrogens (primary N) is 2. The molecule has 1 aliphatic heterocycles. The second-order valence-electron chi connectivity index (χ2n) is 8.43. The molecule has 6 unspecified atom stereocenters. The quantitative estimate of drug-likeness (QED) is 0.679. The summed E-state index contributed by atoms with van der Waals surface area (Å²) in [7, 11) is 2.25. The van der Waals surface area contributed by atoms with Crippen molar-refractivity contribution in [2.45, 2.75) is 82.5 Å². The molecule has 4 heteroatoms. The zero-order valence-electron chi connectivity index (χ0n) is 15.1. The molecule has 1 heterocycles. The third-order valence-corrected chi connectivity index (χ3v) is 7.06. The average Bonchev–Trinajstić information content (AvgIpc) is 2.88. The lowest BCUT2D eigenvalue weighted by molar-refractivity contribution is 0.163. The molecule has 134 valence electrons. The molecule has 1 saturated heterocycles. The molecule has 3 fully saturated rings. The third-order valence-electron chi connectivity index (χ3n) is 7.06. The number of rotatable bonds is 5. The van der Waals surface area contributed by atoms with E-state index in [9.17, 15) is 0 Å². The van der Waals surface area contributed by atoms with Crippen LogP contribution in [0, 0.1) is 17.8 Å². The molecule has 4 nitrogen and oxygen atoms in total. The summed E-state index contributed by atoms with van der Waals surface area (Å²) >= 11 is 0. The van der Waals surface area contributed by atoms with Gasteiger partial charge < -0.3 is 21.7 Å². The summed E-state index contributed by atoms with van der Waals surface area (Å²) in [5, 5.41) is 3.62. The lowest BCUT2D eigenvalue weighted by atomic mass is 9.72. The second kappa shape index (κ2) is 8.28. The molecule has 2 saturated carbocycles. The van der Waals surface area contributed by atoms with Crippen LogP contribution in [0.5, 0.6) is 0 Å². The highest BCUT2D eigenvalue weighted by atomic mass is 15.1. The minimum atomic E-state index is 0.0809. The number of nitrogens with one attached hydrogen (secondary N) is 1. The topological polar surface area (TPSA) is 67.3 Å². The Hall–Kier alpha value is -0.160. The maximum absolute atomic E-state index is 6.72. The van der Waals surface area contributed by atoms with E-state index in [1.807, 2.05) is 0 Å². The number of nitrogens with zero attached hydrogens (tertiary/aromatic N) is 1. The molecule has 0 amide bonds. The Morgan fingerprint density at radius 2 is 1.83 bits per heavy atom. The Balaban J connectivity index is 1.48. The largest absolute Gasteiger partial charge is 0.327 e. The van der Waals surface area contributed by atoms with Crippen LogP contribution in [0.4, 0.5) is 0 Å². The number of hydrogen-bond donors (Lipinski definition) is 3. The predicted molar refractivity (Wildman–Crippen MR) is 97.0 cm³/mol. The molecule has 0 bridgehead atoms. The highest BCUT2D eigenvalue weighted by Crippen LogP contribution is 2.41. The van der Waals surface area contributed by atoms with Gasteiger partial charge in [0.15, 0.2) is 0 Å². The van der Waals surface area contributed by atoms with Gasteiger partial charge in [-0.1, -0.05) is 32.1 Å². The van der Waals surface area contributed by atoms with Crippen LogP contribution in [-0.2, 0) is 0 Å². The van der Waals surface area contributed by atoms with Gasteiger partial charge in [0.1, 0.15) is 0 Å². The first-order valence-corrected chi connectivity index (χ1v) is 10.1. The van der Waals surface area contributed by atoms with E-state index in [-0.39, 0.29) is 6.17 Å². The Bertz CT molecular complexity index is 361. The number of fused-ring (bicyclic) bond motifs is 1. The standard InChI is InChI=1S/C19H38N4/c1-23-13-5-8-15(23)11-12-22-19(21)17-10-4-7-14-6-2-3-9-16(14)18(17)20/h14-19,22H,2-13,20-21H2,1H3. The maximum atomic E-state index is 6.72. The van der Waals surface area contributed by atoms with Gasteiger partial charge in [-0.15, -0.1) is 0 Å². The van der Waals surface area contributed by atoms with Gasteiger partial charge in [-0.25, -0.2) is 0 Å². The zero-order valence-corrected chi connectivity index (χ0v) is 15.1. The van der Waals surface area contributed by atoms with Crippen molar-refractivity contribution >= 4 is 0 Å². The molecule has 0 aromatic heterocycles. The van der Waals surface area contributed by atoms with E-state index in [1.54, 1.807) is 0 Å². The number of likely N-dealkylation sites (tertiary alicyclic amines) is 1. The fourth-order valence-corrected chi connectivity index (χ4v) is 5.56. The van der Waals surface area contributed by atoms with Crippen molar-refractivity contribution in [1.82, 2.24) is 10.2 Å². The van der Waals surface area contributed by atoms with Gasteiger partial charge in [0, 0.05) is 18.0 Å². The lowest BCUT2D eigenvalue weighted by Gasteiger charge is -2.38. The molecule has 0 spiro atoms. The minimum Gasteiger partial charge on any atom is -0.327 e. The predicted octanol–water partition coefficient (Wildman–Crippen LogP) is 2.28. The molecule has 23 heavy (non-hydrogen) atoms. The van der Waals surface area contributed by atoms with E-state index in [1.165, 1.54) is 70.8 Å². The van der Waals surface area contributed by atoms with E-state index in [2.05, 4.69) is 17.3 Å². The molecular weight excluding hydrogens is 284 g/mol. The van der Waals surface area contributed by atoms with Gasteiger partial charge >= 0.3 is 0 Å². The Morgan fingerprint density at radius 1 is 1.04 bits per heavy atom. The molecule has 0 radical (unpaired) electrons. The summed E-state index contributed by atoms with van der Waals surface area (Å²) in [4.78, 5) is 2.50. The Morgan fingerprint density at radius 3 is 2.61 bits per heavy atom. The van der Waals surface area contributed by atoms with Gasteiger partial charge in [0.05, 0.1) is 6.17 Å². The lowest BCUT2D eigenvalue weighted by Crippen LogP contribution is -2.54. The van der Waals surface area contributed by atoms with Crippen LogP contribution in [0.1, 0.15) is 64.2 Å². The zero-order chi connectivity index (χ0) is 16.2. The normalized spacial score (nSPS) is 40.6. The summed E-state index contributed by atoms with van der Waals surface area (Å²) in [6.07, 6.45) is 13.4. The van der Waals surface area contributed by atoms with E-state index >= 15 is 0 Å². The molecule has 3 rings (SSSR count). The highest BCUT2D eigenvalue weighted by Gasteiger charge is 2.38. The first-order valence-electron chi connectivity index (χ1n) is 10.1. The average molecular weight is 323 g/mol. The fourth-order valence-electron chi connectivity index (χ4n) is 5.56. The molecular formula is C19H38N4. The Kier molecular flexibility index (Phi) is 6.36. The van der Waals surface area contributed by atoms with E-state index in [0.717, 1.165) is 24.4 Å². The van der Waals surface area contributed by atoms with Crippen molar-refractivity contribution < 1.29 is 0 Å². The van der Waals surface area contributed by atoms with Crippen LogP contribution in [0.25, 0.3) is 0 Å². The van der Waals surface area contributed by atoms with Crippen molar-refractivity contribution in [3.05, 3.63) is 0 Å². The summed E-state index contributed by atoms with van der Waals surface area (Å²) in [5.74, 6) is 2.07. The van der Waals surface area contributed by atoms with Gasteiger partial charge in [0.2, 0.25) is 0 Å². The summed E-state index contributed by atoms with van der Waals surface area (Å²) in [5.41, 5.74) is 13.3. The van der Waals surface area contributed by atoms with E-state index in [4.69, 9.17) is 11.5 Å². The summed E-state index contributed by atoms with van der Waals surface area (Å²) in [6, 6.07) is 1.06. The Labute approximate surface area is 142 Å². The van der Waals surface area contributed by atoms with Crippen molar-refractivity contribution in [3.63, 3.8) is 0 Å². The molecule has 0 aromatic rings. The fraction of sp³-hybridized carbons (Fsp3) is 1.00.